The molecule has 0 unspecified atom stereocenters. The Hall–Kier alpha value is -8.14. The van der Waals surface area contributed by atoms with Gasteiger partial charge in [0, 0.05) is 56.2 Å². The summed E-state index contributed by atoms with van der Waals surface area (Å²) in [5.41, 5.74) is 14.5. The van der Waals surface area contributed by atoms with Gasteiger partial charge in [-0.15, -0.1) is 0 Å². The summed E-state index contributed by atoms with van der Waals surface area (Å²) in [6.07, 6.45) is 3.65. The maximum absolute atomic E-state index is 9.54. The summed E-state index contributed by atoms with van der Waals surface area (Å²) < 4.78 is 12.4. The smallest absolute Gasteiger partial charge is 0.160 e. The molecular weight excluding hydrogens is 713 g/mol. The Kier molecular flexibility index (Phi) is 7.76. The number of rotatable bonds is 6. The van der Waals surface area contributed by atoms with Gasteiger partial charge in [-0.05, 0) is 125 Å². The molecule has 0 fully saturated rings. The third-order valence-electron chi connectivity index (χ3n) is 10.8. The number of benzene rings is 7. The van der Waals surface area contributed by atoms with Gasteiger partial charge >= 0.3 is 0 Å². The van der Waals surface area contributed by atoms with Crippen LogP contribution in [0, 0.1) is 11.3 Å². The van der Waals surface area contributed by atoms with Crippen LogP contribution in [0.15, 0.2) is 191 Å². The van der Waals surface area contributed by atoms with Crippen LogP contribution in [0.2, 0.25) is 0 Å². The topological polar surface area (TPSA) is 88.7 Å². The van der Waals surface area contributed by atoms with Gasteiger partial charge in [0.25, 0.3) is 0 Å². The average Bonchev–Trinajstić information content (AvgIpc) is 3.87. The molecule has 0 radical (unpaired) electrons. The number of pyridine rings is 1. The highest BCUT2D eigenvalue weighted by atomic mass is 16.3. The van der Waals surface area contributed by atoms with Gasteiger partial charge in [-0.3, -0.25) is 4.98 Å². The van der Waals surface area contributed by atoms with Gasteiger partial charge < -0.3 is 8.83 Å². The zero-order chi connectivity index (χ0) is 38.6. The van der Waals surface area contributed by atoms with E-state index in [2.05, 4.69) is 108 Å². The Balaban J connectivity index is 1.14. The van der Waals surface area contributed by atoms with Crippen molar-refractivity contribution in [3.8, 4) is 73.4 Å². The summed E-state index contributed by atoms with van der Waals surface area (Å²) in [5, 5.41) is 13.8. The van der Waals surface area contributed by atoms with E-state index in [9.17, 15) is 5.26 Å². The first-order valence-electron chi connectivity index (χ1n) is 19.0. The maximum atomic E-state index is 9.54. The van der Waals surface area contributed by atoms with Crippen molar-refractivity contribution in [3.63, 3.8) is 0 Å². The van der Waals surface area contributed by atoms with Crippen LogP contribution in [-0.2, 0) is 0 Å². The summed E-state index contributed by atoms with van der Waals surface area (Å²) in [4.78, 5) is 14.7. The lowest BCUT2D eigenvalue weighted by atomic mass is 9.93. The predicted molar refractivity (Wildman–Crippen MR) is 232 cm³/mol. The number of fused-ring (bicyclic) bond motifs is 6. The van der Waals surface area contributed by atoms with E-state index in [1.807, 2.05) is 66.9 Å². The molecule has 0 aliphatic carbocycles. The lowest BCUT2D eigenvalue weighted by Crippen LogP contribution is -1.97. The van der Waals surface area contributed by atoms with Gasteiger partial charge in [-0.2, -0.15) is 5.26 Å². The van der Waals surface area contributed by atoms with E-state index >= 15 is 0 Å². The van der Waals surface area contributed by atoms with E-state index in [-0.39, 0.29) is 0 Å². The maximum Gasteiger partial charge on any atom is 0.160 e. The Labute approximate surface area is 333 Å². The number of furan rings is 2. The van der Waals surface area contributed by atoms with Crippen LogP contribution < -0.4 is 0 Å². The Bertz CT molecular complexity index is 3280. The molecule has 6 nitrogen and oxygen atoms in total. The Morgan fingerprint density at radius 1 is 0.379 bits per heavy atom. The van der Waals surface area contributed by atoms with Gasteiger partial charge in [-0.25, -0.2) is 9.97 Å². The van der Waals surface area contributed by atoms with E-state index in [0.29, 0.717) is 11.4 Å². The standard InChI is InChI=1S/C52H30N4O2/c53-30-32-14-16-33(17-15-32)52-55-46(37-8-5-7-34(23-37)38-9-6-22-54-31-38)29-47(56-52)41-25-39(35-18-20-50-44(27-35)42-10-1-3-12-48(42)57-50)24-40(26-41)36-19-21-51-45(28-36)43-11-2-4-13-49(43)58-51/h1-29,31H. The zero-order valence-electron chi connectivity index (χ0n) is 30.9. The van der Waals surface area contributed by atoms with Gasteiger partial charge in [0.15, 0.2) is 5.82 Å². The minimum absolute atomic E-state index is 0.563. The lowest BCUT2D eigenvalue weighted by molar-refractivity contribution is 0.668. The van der Waals surface area contributed by atoms with Crippen molar-refractivity contribution in [2.45, 2.75) is 0 Å². The van der Waals surface area contributed by atoms with Crippen LogP contribution in [0.1, 0.15) is 5.56 Å². The van der Waals surface area contributed by atoms with Crippen molar-refractivity contribution >= 4 is 43.9 Å². The Morgan fingerprint density at radius 3 is 1.52 bits per heavy atom. The number of para-hydroxylation sites is 2. The van der Waals surface area contributed by atoms with Crippen molar-refractivity contribution in [1.82, 2.24) is 15.0 Å². The number of hydrogen-bond donors (Lipinski definition) is 0. The summed E-state index contributed by atoms with van der Waals surface area (Å²) in [6.45, 7) is 0. The molecule has 11 rings (SSSR count). The van der Waals surface area contributed by atoms with Crippen molar-refractivity contribution in [2.24, 2.45) is 0 Å². The van der Waals surface area contributed by atoms with Crippen LogP contribution in [0.3, 0.4) is 0 Å². The van der Waals surface area contributed by atoms with Gasteiger partial charge in [0.2, 0.25) is 0 Å². The van der Waals surface area contributed by atoms with Crippen LogP contribution in [-0.4, -0.2) is 15.0 Å². The van der Waals surface area contributed by atoms with Crippen LogP contribution in [0.25, 0.3) is 111 Å². The van der Waals surface area contributed by atoms with Crippen molar-refractivity contribution in [1.29, 1.82) is 5.26 Å². The molecule has 4 heterocycles. The van der Waals surface area contributed by atoms with Gasteiger partial charge in [-0.1, -0.05) is 72.8 Å². The molecule has 6 heteroatoms. The first-order valence-corrected chi connectivity index (χ1v) is 19.0. The van der Waals surface area contributed by atoms with Crippen molar-refractivity contribution < 1.29 is 8.83 Å². The molecule has 0 aliphatic heterocycles. The summed E-state index contributed by atoms with van der Waals surface area (Å²) in [5.74, 6) is 0.563. The van der Waals surface area contributed by atoms with Crippen LogP contribution in [0.5, 0.6) is 0 Å². The zero-order valence-corrected chi connectivity index (χ0v) is 30.9. The number of nitrogens with zero attached hydrogens (tertiary/aromatic N) is 4. The number of nitriles is 1. The molecule has 7 aromatic carbocycles. The van der Waals surface area contributed by atoms with Crippen LogP contribution >= 0.6 is 0 Å². The largest absolute Gasteiger partial charge is 0.456 e. The number of aromatic nitrogens is 3. The van der Waals surface area contributed by atoms with Crippen molar-refractivity contribution in [2.75, 3.05) is 0 Å². The molecule has 0 atom stereocenters. The molecule has 0 N–H and O–H groups in total. The average molecular weight is 743 g/mol. The molecule has 0 amide bonds. The molecule has 0 spiro atoms. The van der Waals surface area contributed by atoms with Crippen LogP contribution in [0.4, 0.5) is 0 Å². The van der Waals surface area contributed by atoms with E-state index in [1.165, 1.54) is 0 Å². The molecule has 4 aromatic heterocycles. The monoisotopic (exact) mass is 742 g/mol. The lowest BCUT2D eigenvalue weighted by Gasteiger charge is -2.14. The van der Waals surface area contributed by atoms with Gasteiger partial charge in [0.05, 0.1) is 23.0 Å². The second kappa shape index (κ2) is 13.6. The fourth-order valence-corrected chi connectivity index (χ4v) is 7.88. The molecule has 0 bridgehead atoms. The summed E-state index contributed by atoms with van der Waals surface area (Å²) in [6, 6.07) is 59.8. The van der Waals surface area contributed by atoms with E-state index in [1.54, 1.807) is 18.3 Å². The highest BCUT2D eigenvalue weighted by Crippen LogP contribution is 2.39. The predicted octanol–water partition coefficient (Wildman–Crippen LogP) is 13.5. The van der Waals surface area contributed by atoms with Gasteiger partial charge in [0.1, 0.15) is 22.3 Å². The first kappa shape index (κ1) is 33.2. The second-order valence-electron chi connectivity index (χ2n) is 14.4. The summed E-state index contributed by atoms with van der Waals surface area (Å²) >= 11 is 0. The number of hydrogen-bond acceptors (Lipinski definition) is 6. The van der Waals surface area contributed by atoms with E-state index < -0.39 is 0 Å². The molecular formula is C52H30N4O2. The second-order valence-corrected chi connectivity index (χ2v) is 14.4. The van der Waals surface area contributed by atoms with E-state index in [0.717, 1.165) is 105 Å². The third-order valence-corrected chi connectivity index (χ3v) is 10.8. The molecule has 0 saturated heterocycles. The minimum atomic E-state index is 0.563. The SMILES string of the molecule is N#Cc1ccc(-c2nc(-c3cccc(-c4cccnc4)c3)cc(-c3cc(-c4ccc5oc6ccccc6c5c4)cc(-c4ccc5oc6ccccc6c5c4)c3)n2)cc1. The van der Waals surface area contributed by atoms with E-state index in [4.69, 9.17) is 18.8 Å². The third kappa shape index (κ3) is 5.87. The Morgan fingerprint density at radius 2 is 0.897 bits per heavy atom. The molecule has 11 aromatic rings. The fourth-order valence-electron chi connectivity index (χ4n) is 7.88. The summed E-state index contributed by atoms with van der Waals surface area (Å²) in [7, 11) is 0. The molecule has 0 aliphatic rings. The molecule has 270 valence electrons. The first-order chi connectivity index (χ1) is 28.6. The normalized spacial score (nSPS) is 11.4. The quantitative estimate of drug-likeness (QED) is 0.168. The minimum Gasteiger partial charge on any atom is -0.456 e. The highest BCUT2D eigenvalue weighted by Gasteiger charge is 2.17. The van der Waals surface area contributed by atoms with Crippen molar-refractivity contribution in [3.05, 3.63) is 188 Å². The molecule has 0 saturated carbocycles. The molecule has 58 heavy (non-hydrogen) atoms. The highest BCUT2D eigenvalue weighted by molar-refractivity contribution is 6.07. The fraction of sp³-hybridized carbons (Fsp3) is 0.